The van der Waals surface area contributed by atoms with Gasteiger partial charge in [0.15, 0.2) is 0 Å². The normalized spacial score (nSPS) is 2.50. The van der Waals surface area contributed by atoms with Gasteiger partial charge < -0.3 is 38.3 Å². The summed E-state index contributed by atoms with van der Waals surface area (Å²) in [7, 11) is 0. The summed E-state index contributed by atoms with van der Waals surface area (Å²) in [5.41, 5.74) is 0. The van der Waals surface area contributed by atoms with Gasteiger partial charge in [0.25, 0.3) is 11.4 Å². The minimum absolute atomic E-state index is 0. The van der Waals surface area contributed by atoms with Gasteiger partial charge in [-0.05, 0) is 0 Å². The van der Waals surface area contributed by atoms with E-state index in [0.29, 0.717) is 0 Å². The molecule has 0 atom stereocenters. The Hall–Kier alpha value is 2.14. The van der Waals surface area contributed by atoms with E-state index in [0.717, 1.165) is 0 Å². The quantitative estimate of drug-likeness (QED) is 0.324. The summed E-state index contributed by atoms with van der Waals surface area (Å²) in [4.78, 5) is 0. The molecule has 0 spiro atoms. The summed E-state index contributed by atoms with van der Waals surface area (Å²) in [6, 6.07) is 0. The van der Waals surface area contributed by atoms with Gasteiger partial charge in [0.1, 0.15) is 0 Å². The molecule has 14 heavy (non-hydrogen) atoms. The molecule has 0 saturated carbocycles. The second kappa shape index (κ2) is 115. The van der Waals surface area contributed by atoms with Gasteiger partial charge in [-0.25, -0.2) is 0 Å². The molecule has 10 nitrogen and oxygen atoms in total. The fourth-order valence-corrected chi connectivity index (χ4v) is 0. The molecule has 0 radical (unpaired) electrons. The average Bonchev–Trinajstić information content (AvgIpc) is 0.811. The molecule has 0 aromatic carbocycles. The van der Waals surface area contributed by atoms with E-state index in [1.54, 1.807) is 0 Å². The van der Waals surface area contributed by atoms with Crippen molar-refractivity contribution in [1.29, 1.82) is 0 Å². The van der Waals surface area contributed by atoms with E-state index in [-0.39, 0.29) is 111 Å². The van der Waals surface area contributed by atoms with Crippen LogP contribution in [-0.2, 0) is 11.4 Å². The molecule has 0 saturated heterocycles. The Morgan fingerprint density at radius 3 is 0.643 bits per heavy atom. The summed E-state index contributed by atoms with van der Waals surface area (Å²) >= 11 is -2.61. The van der Waals surface area contributed by atoms with Gasteiger partial charge in [-0.15, -0.1) is 0 Å². The van der Waals surface area contributed by atoms with Crippen LogP contribution in [0.1, 0.15) is 0 Å². The van der Waals surface area contributed by atoms with E-state index in [4.69, 9.17) is 13.3 Å². The van der Waals surface area contributed by atoms with Crippen molar-refractivity contribution in [3.63, 3.8) is 0 Å². The van der Waals surface area contributed by atoms with Gasteiger partial charge in [0.05, 0.1) is 0 Å². The van der Waals surface area contributed by atoms with E-state index in [9.17, 15) is 0 Å². The maximum atomic E-state index is 8.67. The average molecular weight is 290 g/mol. The van der Waals surface area contributed by atoms with Crippen molar-refractivity contribution in [3.8, 4) is 0 Å². The molecule has 0 fully saturated rings. The predicted octanol–water partition coefficient (Wildman–Crippen LogP) is -7.28. The fraction of sp³-hybridized carbons (Fsp3) is 0. The molecule has 0 bridgehead atoms. The van der Waals surface area contributed by atoms with Crippen LogP contribution in [-0.4, -0.2) is 111 Å². The SMILES string of the molecule is O.O.O.O.O.O.O.O=S(O)O.S.[NaH].[NaH]. The van der Waals surface area contributed by atoms with Crippen molar-refractivity contribution < 1.29 is 51.6 Å². The van der Waals surface area contributed by atoms with E-state index in [1.807, 2.05) is 0 Å². The van der Waals surface area contributed by atoms with Crippen molar-refractivity contribution in [2.24, 2.45) is 0 Å². The van der Waals surface area contributed by atoms with Crippen LogP contribution in [0.15, 0.2) is 0 Å². The molecule has 0 aromatic heterocycles. The van der Waals surface area contributed by atoms with E-state index >= 15 is 0 Å². The summed E-state index contributed by atoms with van der Waals surface area (Å²) in [5, 5.41) is 0. The fourth-order valence-electron chi connectivity index (χ4n) is 0. The third-order valence-corrected chi connectivity index (χ3v) is 0. The van der Waals surface area contributed by atoms with Crippen molar-refractivity contribution in [2.75, 3.05) is 0 Å². The van der Waals surface area contributed by atoms with Crippen LogP contribution in [0.25, 0.3) is 0 Å². The third-order valence-electron chi connectivity index (χ3n) is 0. The Morgan fingerprint density at radius 1 is 0.643 bits per heavy atom. The first kappa shape index (κ1) is 140. The van der Waals surface area contributed by atoms with Crippen molar-refractivity contribution >= 4 is 84.0 Å². The van der Waals surface area contributed by atoms with E-state index in [1.165, 1.54) is 0 Å². The van der Waals surface area contributed by atoms with Crippen LogP contribution in [0.4, 0.5) is 0 Å². The third kappa shape index (κ3) is 533. The topological polar surface area (TPSA) is 278 Å². The second-order valence-electron chi connectivity index (χ2n) is 0.231. The van der Waals surface area contributed by atoms with Crippen LogP contribution in [0.2, 0.25) is 0 Å². The first-order valence-electron chi connectivity index (χ1n) is 0.532. The van der Waals surface area contributed by atoms with Gasteiger partial charge >= 0.3 is 59.1 Å². The Morgan fingerprint density at radius 2 is 0.643 bits per heavy atom. The standard InChI is InChI=1S/2Na.H2O3S.7H2O.H2S.2H/c;;1-4(2)3;;;;;;;;;;/h;;(H2,1,2,3);8*1H2;;. The van der Waals surface area contributed by atoms with Crippen LogP contribution >= 0.6 is 13.5 Å². The Bertz CT molecular complexity index is 39.1. The molecule has 0 aliphatic heterocycles. The Balaban J connectivity index is -0.000000001000. The molecule has 16 N–H and O–H groups in total. The molecule has 0 amide bonds. The van der Waals surface area contributed by atoms with Gasteiger partial charge in [0.2, 0.25) is 0 Å². The van der Waals surface area contributed by atoms with Crippen LogP contribution < -0.4 is 0 Å². The monoisotopic (exact) mass is 290 g/mol. The van der Waals surface area contributed by atoms with Crippen LogP contribution in [0.3, 0.4) is 0 Å². The summed E-state index contributed by atoms with van der Waals surface area (Å²) in [6.07, 6.45) is 0. The van der Waals surface area contributed by atoms with Gasteiger partial charge in [-0.1, -0.05) is 0 Å². The van der Waals surface area contributed by atoms with E-state index < -0.39 is 11.4 Å². The maximum absolute atomic E-state index is 8.67. The van der Waals surface area contributed by atoms with Crippen molar-refractivity contribution in [1.82, 2.24) is 0 Å². The number of hydrogen-bond donors (Lipinski definition) is 2. The summed E-state index contributed by atoms with van der Waals surface area (Å²) in [6.45, 7) is 0. The minimum atomic E-state index is -2.61. The first-order valence-corrected chi connectivity index (χ1v) is 1.60. The van der Waals surface area contributed by atoms with Crippen molar-refractivity contribution in [3.05, 3.63) is 0 Å². The summed E-state index contributed by atoms with van der Waals surface area (Å²) in [5.74, 6) is 0. The molecule has 0 aliphatic rings. The Kier molecular flexibility index (Phi) is 1150. The molecular weight excluding hydrogens is 270 g/mol. The van der Waals surface area contributed by atoms with Crippen LogP contribution in [0.5, 0.6) is 0 Å². The van der Waals surface area contributed by atoms with Gasteiger partial charge in [-0.2, -0.15) is 17.7 Å². The predicted molar refractivity (Wildman–Crippen MR) is 63.4 cm³/mol. The molecule has 94 valence electrons. The van der Waals surface area contributed by atoms with E-state index in [2.05, 4.69) is 0 Å². The van der Waals surface area contributed by atoms with Gasteiger partial charge in [0, 0.05) is 0 Å². The zero-order valence-electron chi connectivity index (χ0n) is 5.71. The molecular formula is H20Na2O10S2. The molecule has 0 rings (SSSR count). The second-order valence-corrected chi connectivity index (χ2v) is 0.692. The number of hydrogen-bond acceptors (Lipinski definition) is 1. The molecule has 0 unspecified atom stereocenters. The molecule has 14 heteroatoms. The Labute approximate surface area is 134 Å². The molecule has 0 heterocycles. The zero-order valence-corrected chi connectivity index (χ0v) is 7.53. The molecule has 0 aliphatic carbocycles. The van der Waals surface area contributed by atoms with Crippen LogP contribution in [0, 0.1) is 0 Å². The van der Waals surface area contributed by atoms with Gasteiger partial charge in [-0.3, -0.25) is 9.11 Å². The first-order chi connectivity index (χ1) is 1.73. The molecule has 0 aromatic rings. The number of rotatable bonds is 0. The summed E-state index contributed by atoms with van der Waals surface area (Å²) < 4.78 is 22.8. The van der Waals surface area contributed by atoms with Crippen molar-refractivity contribution in [2.45, 2.75) is 0 Å². The zero-order chi connectivity index (χ0) is 3.58.